The molecule has 2 atom stereocenters. The van der Waals surface area contributed by atoms with Gasteiger partial charge in [0.25, 0.3) is 0 Å². The SMILES string of the molecule is O=C(O)[C@@H]1c2cccc3cccc(c23)[C@@H]1C(=O)O. The van der Waals surface area contributed by atoms with Gasteiger partial charge >= 0.3 is 11.9 Å². The van der Waals surface area contributed by atoms with Gasteiger partial charge in [0.1, 0.15) is 0 Å². The Hall–Kier alpha value is -2.36. The van der Waals surface area contributed by atoms with E-state index < -0.39 is 23.8 Å². The Kier molecular flexibility index (Phi) is 2.13. The third kappa shape index (κ3) is 1.26. The number of aliphatic carboxylic acids is 2. The fourth-order valence-electron chi connectivity index (χ4n) is 2.83. The van der Waals surface area contributed by atoms with E-state index in [0.29, 0.717) is 11.1 Å². The van der Waals surface area contributed by atoms with Gasteiger partial charge in [0.2, 0.25) is 0 Å². The molecule has 0 saturated heterocycles. The van der Waals surface area contributed by atoms with Gasteiger partial charge in [0, 0.05) is 0 Å². The van der Waals surface area contributed by atoms with Crippen molar-refractivity contribution in [3.63, 3.8) is 0 Å². The maximum Gasteiger partial charge on any atom is 0.312 e. The molecule has 1 aliphatic carbocycles. The number of benzene rings is 2. The molecule has 0 aromatic heterocycles. The largest absolute Gasteiger partial charge is 0.481 e. The summed E-state index contributed by atoms with van der Waals surface area (Å²) >= 11 is 0. The van der Waals surface area contributed by atoms with Crippen molar-refractivity contribution < 1.29 is 19.8 Å². The van der Waals surface area contributed by atoms with Crippen LogP contribution in [-0.4, -0.2) is 22.2 Å². The molecule has 0 saturated carbocycles. The van der Waals surface area contributed by atoms with Crippen LogP contribution < -0.4 is 0 Å². The number of hydrogen-bond acceptors (Lipinski definition) is 2. The Morgan fingerprint density at radius 1 is 0.833 bits per heavy atom. The molecule has 0 fully saturated rings. The highest BCUT2D eigenvalue weighted by Gasteiger charge is 2.43. The highest BCUT2D eigenvalue weighted by molar-refractivity contribution is 6.03. The summed E-state index contributed by atoms with van der Waals surface area (Å²) in [5, 5.41) is 20.3. The van der Waals surface area contributed by atoms with Crippen molar-refractivity contribution in [1.29, 1.82) is 0 Å². The van der Waals surface area contributed by atoms with Gasteiger partial charge in [-0.05, 0) is 21.9 Å². The first kappa shape index (κ1) is 10.8. The standard InChI is InChI=1S/C14H10O4/c15-13(16)11-8-5-1-3-7-4-2-6-9(10(7)8)12(11)14(17)18/h1-6,11-12H,(H,15,16)(H,17,18)/t11-,12+. The quantitative estimate of drug-likeness (QED) is 0.846. The zero-order chi connectivity index (χ0) is 12.9. The van der Waals surface area contributed by atoms with E-state index in [1.165, 1.54) is 0 Å². The van der Waals surface area contributed by atoms with Crippen molar-refractivity contribution in [3.8, 4) is 0 Å². The van der Waals surface area contributed by atoms with Gasteiger partial charge in [-0.1, -0.05) is 36.4 Å². The van der Waals surface area contributed by atoms with Crippen molar-refractivity contribution in [3.05, 3.63) is 47.5 Å². The van der Waals surface area contributed by atoms with Crippen LogP contribution >= 0.6 is 0 Å². The maximum absolute atomic E-state index is 11.4. The van der Waals surface area contributed by atoms with Crippen molar-refractivity contribution in [2.75, 3.05) is 0 Å². The topological polar surface area (TPSA) is 74.6 Å². The molecule has 2 aromatic carbocycles. The van der Waals surface area contributed by atoms with Gasteiger partial charge in [-0.15, -0.1) is 0 Å². The molecule has 4 heteroatoms. The summed E-state index contributed by atoms with van der Waals surface area (Å²) in [7, 11) is 0. The second-order valence-corrected chi connectivity index (χ2v) is 4.42. The van der Waals surface area contributed by atoms with Gasteiger partial charge in [0.15, 0.2) is 0 Å². The van der Waals surface area contributed by atoms with Gasteiger partial charge < -0.3 is 10.2 Å². The van der Waals surface area contributed by atoms with Crippen molar-refractivity contribution >= 4 is 22.7 Å². The van der Waals surface area contributed by atoms with Crippen LogP contribution in [0.5, 0.6) is 0 Å². The van der Waals surface area contributed by atoms with E-state index in [1.54, 1.807) is 24.3 Å². The average Bonchev–Trinajstić information content (AvgIpc) is 2.67. The van der Waals surface area contributed by atoms with Crippen LogP contribution in [0.1, 0.15) is 23.0 Å². The second kappa shape index (κ2) is 3.57. The molecule has 1 aliphatic rings. The normalized spacial score (nSPS) is 21.1. The van der Waals surface area contributed by atoms with E-state index in [9.17, 15) is 19.8 Å². The lowest BCUT2D eigenvalue weighted by atomic mass is 9.90. The lowest BCUT2D eigenvalue weighted by Gasteiger charge is -2.12. The Bertz CT molecular complexity index is 620. The highest BCUT2D eigenvalue weighted by atomic mass is 16.4. The summed E-state index contributed by atoms with van der Waals surface area (Å²) in [5.74, 6) is -4.18. The molecule has 0 spiro atoms. The number of hydrogen-bond donors (Lipinski definition) is 2. The molecule has 0 amide bonds. The van der Waals surface area contributed by atoms with Crippen molar-refractivity contribution in [2.45, 2.75) is 11.8 Å². The van der Waals surface area contributed by atoms with Crippen LogP contribution in [0.3, 0.4) is 0 Å². The zero-order valence-corrected chi connectivity index (χ0v) is 9.33. The third-order valence-corrected chi connectivity index (χ3v) is 3.50. The van der Waals surface area contributed by atoms with Crippen molar-refractivity contribution in [1.82, 2.24) is 0 Å². The van der Waals surface area contributed by atoms with Crippen LogP contribution in [0.2, 0.25) is 0 Å². The van der Waals surface area contributed by atoms with E-state index in [2.05, 4.69) is 0 Å². The molecule has 2 aromatic rings. The van der Waals surface area contributed by atoms with E-state index in [-0.39, 0.29) is 0 Å². The average molecular weight is 242 g/mol. The smallest absolute Gasteiger partial charge is 0.312 e. The first-order valence-electron chi connectivity index (χ1n) is 5.58. The Balaban J connectivity index is 2.38. The van der Waals surface area contributed by atoms with Crippen LogP contribution in [0.15, 0.2) is 36.4 Å². The first-order chi connectivity index (χ1) is 8.61. The summed E-state index contributed by atoms with van der Waals surface area (Å²) in [5.41, 5.74) is 1.20. The zero-order valence-electron chi connectivity index (χ0n) is 9.33. The highest BCUT2D eigenvalue weighted by Crippen LogP contribution is 2.46. The van der Waals surface area contributed by atoms with Crippen LogP contribution in [0.4, 0.5) is 0 Å². The predicted octanol–water partition coefficient (Wildman–Crippen LogP) is 2.19. The third-order valence-electron chi connectivity index (χ3n) is 3.50. The molecule has 0 bridgehead atoms. The summed E-state index contributed by atoms with van der Waals surface area (Å²) in [4.78, 5) is 22.7. The van der Waals surface area contributed by atoms with Gasteiger partial charge in [-0.2, -0.15) is 0 Å². The molecule has 4 nitrogen and oxygen atoms in total. The molecule has 0 heterocycles. The summed E-state index contributed by atoms with van der Waals surface area (Å²) < 4.78 is 0. The minimum Gasteiger partial charge on any atom is -0.481 e. The molecular formula is C14H10O4. The van der Waals surface area contributed by atoms with Crippen molar-refractivity contribution in [2.24, 2.45) is 0 Å². The van der Waals surface area contributed by atoms with Crippen LogP contribution in [0, 0.1) is 0 Å². The molecule has 0 unspecified atom stereocenters. The minimum absolute atomic E-state index is 0.600. The van der Waals surface area contributed by atoms with E-state index >= 15 is 0 Å². The summed E-state index contributed by atoms with van der Waals surface area (Å²) in [6, 6.07) is 10.7. The first-order valence-corrected chi connectivity index (χ1v) is 5.58. The summed E-state index contributed by atoms with van der Waals surface area (Å²) in [6.07, 6.45) is 0. The van der Waals surface area contributed by atoms with E-state index in [1.807, 2.05) is 12.1 Å². The van der Waals surface area contributed by atoms with E-state index in [0.717, 1.165) is 10.8 Å². The Morgan fingerprint density at radius 3 is 1.67 bits per heavy atom. The lowest BCUT2D eigenvalue weighted by Crippen LogP contribution is -2.22. The molecule has 0 aliphatic heterocycles. The minimum atomic E-state index is -1.09. The van der Waals surface area contributed by atoms with E-state index in [4.69, 9.17) is 0 Å². The van der Waals surface area contributed by atoms with Gasteiger partial charge in [0.05, 0.1) is 11.8 Å². The Morgan fingerprint density at radius 2 is 1.28 bits per heavy atom. The number of carbonyl (C=O) groups is 2. The molecule has 90 valence electrons. The summed E-state index contributed by atoms with van der Waals surface area (Å²) in [6.45, 7) is 0. The second-order valence-electron chi connectivity index (χ2n) is 4.42. The van der Waals surface area contributed by atoms with Gasteiger partial charge in [-0.25, -0.2) is 0 Å². The Labute approximate surface area is 102 Å². The molecular weight excluding hydrogens is 232 g/mol. The molecule has 3 rings (SSSR count). The van der Waals surface area contributed by atoms with Crippen LogP contribution in [-0.2, 0) is 9.59 Å². The monoisotopic (exact) mass is 242 g/mol. The number of carboxylic acids is 2. The van der Waals surface area contributed by atoms with Crippen LogP contribution in [0.25, 0.3) is 10.8 Å². The number of rotatable bonds is 2. The molecule has 0 radical (unpaired) electrons. The fraction of sp³-hybridized carbons (Fsp3) is 0.143. The molecule has 18 heavy (non-hydrogen) atoms. The maximum atomic E-state index is 11.4. The van der Waals surface area contributed by atoms with Gasteiger partial charge in [-0.3, -0.25) is 9.59 Å². The number of carboxylic acid groups (broad SMARTS) is 2. The predicted molar refractivity (Wildman–Crippen MR) is 64.7 cm³/mol. The lowest BCUT2D eigenvalue weighted by molar-refractivity contribution is -0.146. The fourth-order valence-corrected chi connectivity index (χ4v) is 2.83. The molecule has 2 N–H and O–H groups in total.